The highest BCUT2D eigenvalue weighted by molar-refractivity contribution is 14.0. The van der Waals surface area contributed by atoms with Gasteiger partial charge in [-0.1, -0.05) is 6.92 Å². The Morgan fingerprint density at radius 2 is 1.95 bits per heavy atom. The Hall–Kier alpha value is -0.0800. The summed E-state index contributed by atoms with van der Waals surface area (Å²) in [5.74, 6) is 1.76. The van der Waals surface area contributed by atoms with Crippen molar-refractivity contribution >= 4 is 29.9 Å². The second-order valence-electron chi connectivity index (χ2n) is 5.35. The fourth-order valence-electron chi connectivity index (χ4n) is 2.56. The number of halogens is 1. The Morgan fingerprint density at radius 1 is 1.24 bits per heavy atom. The number of hydrogen-bond acceptors (Lipinski definition) is 3. The van der Waals surface area contributed by atoms with Crippen LogP contribution in [0.1, 0.15) is 33.1 Å². The summed E-state index contributed by atoms with van der Waals surface area (Å²) in [7, 11) is 1.72. The van der Waals surface area contributed by atoms with E-state index in [9.17, 15) is 0 Å². The van der Waals surface area contributed by atoms with Gasteiger partial charge in [0.05, 0.1) is 6.61 Å². The largest absolute Gasteiger partial charge is 0.383 e. The lowest BCUT2D eigenvalue weighted by Crippen LogP contribution is -2.39. The van der Waals surface area contributed by atoms with Gasteiger partial charge < -0.3 is 20.3 Å². The van der Waals surface area contributed by atoms with Crippen molar-refractivity contribution < 1.29 is 4.74 Å². The first-order valence-corrected chi connectivity index (χ1v) is 8.03. The van der Waals surface area contributed by atoms with Gasteiger partial charge in [0.1, 0.15) is 0 Å². The van der Waals surface area contributed by atoms with Crippen molar-refractivity contribution in [2.24, 2.45) is 10.9 Å². The molecule has 1 saturated heterocycles. The lowest BCUT2D eigenvalue weighted by Gasteiger charge is -2.30. The quantitative estimate of drug-likeness (QED) is 0.277. The van der Waals surface area contributed by atoms with E-state index in [1.165, 1.54) is 38.9 Å². The van der Waals surface area contributed by atoms with Crippen LogP contribution >= 0.6 is 24.0 Å². The summed E-state index contributed by atoms with van der Waals surface area (Å²) in [5, 5.41) is 6.55. The molecule has 1 fully saturated rings. The predicted molar refractivity (Wildman–Crippen MR) is 101 cm³/mol. The molecule has 21 heavy (non-hydrogen) atoms. The zero-order valence-corrected chi connectivity index (χ0v) is 16.2. The van der Waals surface area contributed by atoms with Crippen LogP contribution in [-0.4, -0.2) is 63.8 Å². The van der Waals surface area contributed by atoms with Crippen LogP contribution in [0.25, 0.3) is 0 Å². The molecule has 0 spiro atoms. The fourth-order valence-corrected chi connectivity index (χ4v) is 2.56. The highest BCUT2D eigenvalue weighted by Crippen LogP contribution is 2.19. The van der Waals surface area contributed by atoms with Crippen molar-refractivity contribution in [3.05, 3.63) is 0 Å². The molecular formula is C15H33IN4O. The second-order valence-corrected chi connectivity index (χ2v) is 5.35. The molecule has 0 aromatic carbocycles. The monoisotopic (exact) mass is 412 g/mol. The van der Waals surface area contributed by atoms with Gasteiger partial charge in [-0.05, 0) is 51.7 Å². The number of ether oxygens (including phenoxy) is 1. The summed E-state index contributed by atoms with van der Waals surface area (Å²) in [6.07, 6.45) is 3.87. The number of guanidine groups is 1. The number of hydrogen-bond donors (Lipinski definition) is 2. The van der Waals surface area contributed by atoms with Gasteiger partial charge in [0.25, 0.3) is 0 Å². The highest BCUT2D eigenvalue weighted by atomic mass is 127. The van der Waals surface area contributed by atoms with E-state index in [0.29, 0.717) is 6.61 Å². The smallest absolute Gasteiger partial charge is 0.191 e. The molecule has 0 unspecified atom stereocenters. The van der Waals surface area contributed by atoms with E-state index in [2.05, 4.69) is 34.4 Å². The van der Waals surface area contributed by atoms with Crippen LogP contribution in [0.4, 0.5) is 0 Å². The zero-order valence-electron chi connectivity index (χ0n) is 13.9. The van der Waals surface area contributed by atoms with Gasteiger partial charge >= 0.3 is 0 Å². The number of rotatable bonds is 8. The Balaban J connectivity index is 0.00000400. The number of piperidine rings is 1. The summed E-state index contributed by atoms with van der Waals surface area (Å²) < 4.78 is 5.04. The van der Waals surface area contributed by atoms with Crippen LogP contribution in [0.5, 0.6) is 0 Å². The minimum Gasteiger partial charge on any atom is -0.383 e. The van der Waals surface area contributed by atoms with Crippen LogP contribution in [0.2, 0.25) is 0 Å². The average molecular weight is 412 g/mol. The third kappa shape index (κ3) is 9.52. The van der Waals surface area contributed by atoms with Gasteiger partial charge in [0.15, 0.2) is 5.96 Å². The minimum atomic E-state index is 0. The number of nitrogens with zero attached hydrogens (tertiary/aromatic N) is 2. The maximum Gasteiger partial charge on any atom is 0.191 e. The summed E-state index contributed by atoms with van der Waals surface area (Å²) in [6, 6.07) is 0. The molecule has 5 nitrogen and oxygen atoms in total. The van der Waals surface area contributed by atoms with Crippen LogP contribution in [0, 0.1) is 5.92 Å². The molecule has 1 heterocycles. The summed E-state index contributed by atoms with van der Waals surface area (Å²) >= 11 is 0. The van der Waals surface area contributed by atoms with Gasteiger partial charge in [-0.2, -0.15) is 0 Å². The number of likely N-dealkylation sites (tertiary alicyclic amines) is 1. The molecule has 126 valence electrons. The maximum absolute atomic E-state index is 5.04. The summed E-state index contributed by atoms with van der Waals surface area (Å²) in [4.78, 5) is 7.18. The third-order valence-electron chi connectivity index (χ3n) is 3.90. The van der Waals surface area contributed by atoms with Crippen molar-refractivity contribution in [1.82, 2.24) is 15.5 Å². The minimum absolute atomic E-state index is 0. The van der Waals surface area contributed by atoms with E-state index in [0.717, 1.165) is 31.5 Å². The van der Waals surface area contributed by atoms with Crippen LogP contribution in [-0.2, 0) is 4.74 Å². The first-order valence-electron chi connectivity index (χ1n) is 8.03. The molecule has 0 aromatic heterocycles. The van der Waals surface area contributed by atoms with Gasteiger partial charge in [0.2, 0.25) is 0 Å². The van der Waals surface area contributed by atoms with Crippen LogP contribution < -0.4 is 10.6 Å². The molecule has 0 aliphatic carbocycles. The third-order valence-corrected chi connectivity index (χ3v) is 3.90. The second kappa shape index (κ2) is 13.6. The molecule has 0 radical (unpaired) electrons. The van der Waals surface area contributed by atoms with E-state index in [4.69, 9.17) is 4.74 Å². The van der Waals surface area contributed by atoms with Gasteiger partial charge in [-0.3, -0.25) is 4.99 Å². The van der Waals surface area contributed by atoms with Gasteiger partial charge in [-0.25, -0.2) is 0 Å². The number of aliphatic imine (C=N–C) groups is 1. The molecule has 0 bridgehead atoms. The Labute approximate surface area is 147 Å². The Morgan fingerprint density at radius 3 is 2.52 bits per heavy atom. The van der Waals surface area contributed by atoms with Crippen molar-refractivity contribution in [1.29, 1.82) is 0 Å². The van der Waals surface area contributed by atoms with Gasteiger partial charge in [-0.15, -0.1) is 24.0 Å². The van der Waals surface area contributed by atoms with E-state index >= 15 is 0 Å². The Kier molecular flexibility index (Phi) is 13.5. The summed E-state index contributed by atoms with van der Waals surface area (Å²) in [6.45, 7) is 11.4. The molecule has 1 aliphatic rings. The first-order chi connectivity index (χ1) is 9.80. The molecule has 0 aromatic rings. The van der Waals surface area contributed by atoms with Crippen molar-refractivity contribution in [2.75, 3.05) is 53.0 Å². The highest BCUT2D eigenvalue weighted by Gasteiger charge is 2.17. The number of methoxy groups -OCH3 is 1. The van der Waals surface area contributed by atoms with E-state index in [-0.39, 0.29) is 24.0 Å². The maximum atomic E-state index is 5.04. The molecule has 2 N–H and O–H groups in total. The van der Waals surface area contributed by atoms with Crippen LogP contribution in [0.15, 0.2) is 4.99 Å². The van der Waals surface area contributed by atoms with Crippen LogP contribution in [0.3, 0.4) is 0 Å². The molecule has 0 amide bonds. The van der Waals surface area contributed by atoms with Gasteiger partial charge in [0, 0.05) is 26.7 Å². The Bertz CT molecular complexity index is 268. The molecule has 0 atom stereocenters. The van der Waals surface area contributed by atoms with Crippen molar-refractivity contribution in [2.45, 2.75) is 33.1 Å². The predicted octanol–water partition coefficient (Wildman–Crippen LogP) is 1.93. The SMILES string of the molecule is CCNC(=NCCC1CCN(CC)CC1)NCCOC.I. The molecule has 1 aliphatic heterocycles. The molecule has 1 rings (SSSR count). The van der Waals surface area contributed by atoms with E-state index < -0.39 is 0 Å². The summed E-state index contributed by atoms with van der Waals surface area (Å²) in [5.41, 5.74) is 0. The van der Waals surface area contributed by atoms with Crippen molar-refractivity contribution in [3.8, 4) is 0 Å². The lowest BCUT2D eigenvalue weighted by molar-refractivity contribution is 0.188. The topological polar surface area (TPSA) is 48.9 Å². The normalized spacial score (nSPS) is 17.4. The average Bonchev–Trinajstić information content (AvgIpc) is 2.48. The molecule has 6 heteroatoms. The standard InChI is InChI=1S/C15H32N4O.HI/c1-4-16-15(18-10-13-20-3)17-9-6-14-7-11-19(5-2)12-8-14;/h14H,4-13H2,1-3H3,(H2,16,17,18);1H. The number of nitrogens with one attached hydrogen (secondary N) is 2. The first kappa shape index (κ1) is 20.9. The molecular weight excluding hydrogens is 379 g/mol. The lowest BCUT2D eigenvalue weighted by atomic mass is 9.94. The molecule has 0 saturated carbocycles. The zero-order chi connectivity index (χ0) is 14.6. The fraction of sp³-hybridized carbons (Fsp3) is 0.933. The van der Waals surface area contributed by atoms with Crippen molar-refractivity contribution in [3.63, 3.8) is 0 Å². The van der Waals surface area contributed by atoms with E-state index in [1.807, 2.05) is 0 Å². The van der Waals surface area contributed by atoms with E-state index in [1.54, 1.807) is 7.11 Å².